The number of nitrogen functional groups attached to an aromatic ring is 1. The molecule has 0 aromatic carbocycles. The summed E-state index contributed by atoms with van der Waals surface area (Å²) < 4.78 is 6.04. The number of aryl methyl sites for hydroxylation is 2. The number of furan rings is 1. The Morgan fingerprint density at radius 1 is 1.23 bits per heavy atom. The molecule has 31 heavy (non-hydrogen) atoms. The van der Waals surface area contributed by atoms with Crippen molar-refractivity contribution < 1.29 is 19.7 Å². The monoisotopic (exact) mass is 469 g/mol. The van der Waals surface area contributed by atoms with Crippen molar-refractivity contribution in [3.05, 3.63) is 28.7 Å². The highest BCUT2D eigenvalue weighted by molar-refractivity contribution is 6.32. The zero-order valence-electron chi connectivity index (χ0n) is 17.0. The van der Waals surface area contributed by atoms with Crippen molar-refractivity contribution in [3.63, 3.8) is 0 Å². The molecule has 1 saturated carbocycles. The number of nitrogens with zero attached hydrogens (tertiary/aromatic N) is 3. The van der Waals surface area contributed by atoms with E-state index in [2.05, 4.69) is 20.3 Å². The van der Waals surface area contributed by atoms with Gasteiger partial charge in [0.25, 0.3) is 0 Å². The lowest BCUT2D eigenvalue weighted by atomic mass is 10.1. The second-order valence-electron chi connectivity index (χ2n) is 7.59. The van der Waals surface area contributed by atoms with E-state index >= 15 is 0 Å². The van der Waals surface area contributed by atoms with Crippen molar-refractivity contribution in [3.8, 4) is 11.3 Å². The van der Waals surface area contributed by atoms with E-state index in [1.807, 2.05) is 26.0 Å². The van der Waals surface area contributed by atoms with Crippen molar-refractivity contribution >= 4 is 46.7 Å². The van der Waals surface area contributed by atoms with Gasteiger partial charge in [-0.1, -0.05) is 18.5 Å². The topological polar surface area (TPSA) is 151 Å². The Bertz CT molecular complexity index is 1090. The van der Waals surface area contributed by atoms with Gasteiger partial charge in [0.1, 0.15) is 22.8 Å². The average molecular weight is 470 g/mol. The second-order valence-corrected chi connectivity index (χ2v) is 7.95. The molecule has 168 valence electrons. The lowest BCUT2D eigenvalue weighted by molar-refractivity contribution is 0.00446. The van der Waals surface area contributed by atoms with Crippen molar-refractivity contribution in [2.24, 2.45) is 5.92 Å². The number of nitrogens with two attached hydrogens (primary N) is 1. The summed E-state index contributed by atoms with van der Waals surface area (Å²) in [6.45, 7) is 3.67. The van der Waals surface area contributed by atoms with Gasteiger partial charge in [-0.3, -0.25) is 4.98 Å². The van der Waals surface area contributed by atoms with Gasteiger partial charge < -0.3 is 30.8 Å². The number of anilines is 2. The summed E-state index contributed by atoms with van der Waals surface area (Å²) in [4.78, 5) is 12.8. The number of aliphatic hydroxyl groups is 3. The van der Waals surface area contributed by atoms with Crippen LogP contribution in [0.1, 0.15) is 24.7 Å². The number of rotatable bonds is 5. The van der Waals surface area contributed by atoms with Crippen molar-refractivity contribution in [2.45, 2.75) is 44.9 Å². The molecule has 3 heterocycles. The molecule has 3 aromatic heterocycles. The fourth-order valence-electron chi connectivity index (χ4n) is 3.97. The van der Waals surface area contributed by atoms with Crippen LogP contribution in [0.3, 0.4) is 0 Å². The minimum atomic E-state index is -1.08. The van der Waals surface area contributed by atoms with Crippen molar-refractivity contribution in [1.29, 1.82) is 0 Å². The smallest absolute Gasteiger partial charge is 0.223 e. The number of hydrogen-bond donors (Lipinski definition) is 5. The van der Waals surface area contributed by atoms with Gasteiger partial charge in [-0.25, -0.2) is 4.98 Å². The lowest BCUT2D eigenvalue weighted by Gasteiger charge is -2.20. The largest absolute Gasteiger partial charge is 0.454 e. The van der Waals surface area contributed by atoms with Gasteiger partial charge in [-0.2, -0.15) is 4.98 Å². The van der Waals surface area contributed by atoms with E-state index in [1.165, 1.54) is 0 Å². The summed E-state index contributed by atoms with van der Waals surface area (Å²) in [6, 6.07) is 3.24. The van der Waals surface area contributed by atoms with Gasteiger partial charge in [-0.05, 0) is 31.9 Å². The third-order valence-electron chi connectivity index (χ3n) is 5.57. The second kappa shape index (κ2) is 9.13. The molecule has 6 N–H and O–H groups in total. The summed E-state index contributed by atoms with van der Waals surface area (Å²) >= 11 is 6.40. The van der Waals surface area contributed by atoms with Crippen LogP contribution in [0.4, 0.5) is 11.8 Å². The van der Waals surface area contributed by atoms with Crippen molar-refractivity contribution in [2.75, 3.05) is 17.7 Å². The summed E-state index contributed by atoms with van der Waals surface area (Å²) in [5.74, 6) is 0.230. The molecule has 1 aliphatic carbocycles. The summed E-state index contributed by atoms with van der Waals surface area (Å²) in [7, 11) is 0. The Labute approximate surface area is 190 Å². The normalized spacial score (nSPS) is 23.2. The number of aromatic nitrogens is 3. The van der Waals surface area contributed by atoms with E-state index in [0.29, 0.717) is 23.3 Å². The predicted molar refractivity (Wildman–Crippen MR) is 120 cm³/mol. The molecule has 4 rings (SSSR count). The minimum absolute atomic E-state index is 0. The Kier molecular flexibility index (Phi) is 6.92. The van der Waals surface area contributed by atoms with Crippen LogP contribution in [0.5, 0.6) is 0 Å². The molecule has 0 aliphatic heterocycles. The fourth-order valence-corrected chi connectivity index (χ4v) is 4.24. The zero-order chi connectivity index (χ0) is 21.6. The minimum Gasteiger partial charge on any atom is -0.454 e. The predicted octanol–water partition coefficient (Wildman–Crippen LogP) is 2.33. The number of hydrogen-bond acceptors (Lipinski definition) is 9. The van der Waals surface area contributed by atoms with E-state index in [0.717, 1.165) is 23.2 Å². The summed E-state index contributed by atoms with van der Waals surface area (Å²) in [5.41, 5.74) is 8.54. The first kappa shape index (κ1) is 23.5. The Morgan fingerprint density at radius 2 is 1.97 bits per heavy atom. The highest BCUT2D eigenvalue weighted by Gasteiger charge is 2.41. The maximum absolute atomic E-state index is 10.4. The average Bonchev–Trinajstić information content (AvgIpc) is 3.24. The molecule has 0 unspecified atom stereocenters. The van der Waals surface area contributed by atoms with E-state index in [-0.39, 0.29) is 35.9 Å². The molecule has 11 heteroatoms. The molecule has 0 amide bonds. The van der Waals surface area contributed by atoms with Crippen LogP contribution in [0, 0.1) is 12.8 Å². The Balaban J connectivity index is 0.00000272. The standard InChI is InChI=1S/C20H24ClN5O4.ClH/c1-3-11-4-9-6-13(30-17(9)8(2)23-11)14-18(21)25-20(22)26-19(14)24-12-5-10(7-27)15(28)16(12)29;/h4,6,10,12,15-16,27-29H,3,5,7H2,1-2H3,(H3,22,24,25,26);1H/t10-,12-,15-,16+;/m1./s1. The highest BCUT2D eigenvalue weighted by atomic mass is 35.5. The molecule has 0 saturated heterocycles. The van der Waals surface area contributed by atoms with E-state index in [1.54, 1.807) is 0 Å². The maximum atomic E-state index is 10.4. The number of fused-ring (bicyclic) bond motifs is 1. The zero-order valence-corrected chi connectivity index (χ0v) is 18.6. The Hall–Kier alpha value is -2.17. The molecule has 1 aliphatic rings. The van der Waals surface area contributed by atoms with Crippen LogP contribution in [0.2, 0.25) is 5.15 Å². The van der Waals surface area contributed by atoms with Gasteiger partial charge in [-0.15, -0.1) is 12.4 Å². The SMILES string of the molecule is CCc1cc2cc(-c3c(Cl)nc(N)nc3N[C@@H]3C[C@H](CO)[C@@H](O)[C@H]3O)oc2c(C)n1.Cl. The van der Waals surface area contributed by atoms with Gasteiger partial charge in [0, 0.05) is 23.6 Å². The first-order chi connectivity index (χ1) is 14.3. The number of pyridine rings is 1. The number of aliphatic hydroxyl groups excluding tert-OH is 3. The van der Waals surface area contributed by atoms with E-state index in [9.17, 15) is 15.3 Å². The molecule has 0 spiro atoms. The van der Waals surface area contributed by atoms with Crippen LogP contribution in [-0.2, 0) is 6.42 Å². The number of nitrogens with one attached hydrogen (secondary N) is 1. The number of halogens is 2. The molecule has 9 nitrogen and oxygen atoms in total. The molecule has 3 aromatic rings. The maximum Gasteiger partial charge on any atom is 0.223 e. The van der Waals surface area contributed by atoms with Crippen LogP contribution in [0.25, 0.3) is 22.3 Å². The summed E-state index contributed by atoms with van der Waals surface area (Å²) in [6.07, 6.45) is -0.982. The van der Waals surface area contributed by atoms with Gasteiger partial charge in [0.15, 0.2) is 5.58 Å². The van der Waals surface area contributed by atoms with Crippen LogP contribution >= 0.6 is 24.0 Å². The van der Waals surface area contributed by atoms with Gasteiger partial charge in [0.2, 0.25) is 5.95 Å². The molecule has 0 radical (unpaired) electrons. The fraction of sp³-hybridized carbons (Fsp3) is 0.450. The van der Waals surface area contributed by atoms with E-state index in [4.69, 9.17) is 21.8 Å². The molecule has 1 fully saturated rings. The van der Waals surface area contributed by atoms with Crippen molar-refractivity contribution in [1.82, 2.24) is 15.0 Å². The molecule has 0 bridgehead atoms. The quantitative estimate of drug-likeness (QED) is 0.354. The molecular formula is C20H25Cl2N5O4. The lowest BCUT2D eigenvalue weighted by Crippen LogP contribution is -2.35. The third kappa shape index (κ3) is 4.28. The van der Waals surface area contributed by atoms with Gasteiger partial charge in [0.05, 0.1) is 23.4 Å². The first-order valence-electron chi connectivity index (χ1n) is 9.79. The third-order valence-corrected chi connectivity index (χ3v) is 5.85. The highest BCUT2D eigenvalue weighted by Crippen LogP contribution is 2.39. The summed E-state index contributed by atoms with van der Waals surface area (Å²) in [5, 5.41) is 34.0. The Morgan fingerprint density at radius 3 is 2.61 bits per heavy atom. The van der Waals surface area contributed by atoms with Crippen LogP contribution in [-0.4, -0.2) is 55.1 Å². The first-order valence-corrected chi connectivity index (χ1v) is 10.2. The molecule has 4 atom stereocenters. The van der Waals surface area contributed by atoms with Gasteiger partial charge >= 0.3 is 0 Å². The van der Waals surface area contributed by atoms with Crippen LogP contribution in [0.15, 0.2) is 16.5 Å². The molecular weight excluding hydrogens is 445 g/mol. The van der Waals surface area contributed by atoms with Crippen LogP contribution < -0.4 is 11.1 Å². The van der Waals surface area contributed by atoms with E-state index < -0.39 is 24.2 Å².